The van der Waals surface area contributed by atoms with E-state index < -0.39 is 41.4 Å². The van der Waals surface area contributed by atoms with Gasteiger partial charge < -0.3 is 54.2 Å². The van der Waals surface area contributed by atoms with Crippen molar-refractivity contribution in [3.8, 4) is 10.4 Å². The van der Waals surface area contributed by atoms with E-state index in [0.29, 0.717) is 59.5 Å². The summed E-state index contributed by atoms with van der Waals surface area (Å²) in [5.74, 6) is -2.14. The molecule has 16 nitrogen and oxygen atoms in total. The molecule has 1 fully saturated rings. The molecule has 1 aliphatic rings. The van der Waals surface area contributed by atoms with Gasteiger partial charge in [0.1, 0.15) is 12.1 Å². The molecular formula is C38H58N4O12S. The first-order chi connectivity index (χ1) is 26.4. The number of aromatic nitrogens is 1. The molecule has 17 heteroatoms. The maximum absolute atomic E-state index is 13.8. The van der Waals surface area contributed by atoms with Crippen molar-refractivity contribution in [1.82, 2.24) is 20.5 Å². The van der Waals surface area contributed by atoms with Crippen LogP contribution in [0.4, 0.5) is 0 Å². The Bertz CT molecular complexity index is 1450. The number of hydrogen-bond donors (Lipinski definition) is 4. The minimum atomic E-state index is -1.07. The number of nitrogens with zero attached hydrogens (tertiary/aromatic N) is 2. The minimum absolute atomic E-state index is 0.0282. The lowest BCUT2D eigenvalue weighted by Crippen LogP contribution is -2.59. The molecule has 2 aromatic rings. The van der Waals surface area contributed by atoms with Gasteiger partial charge in [0.05, 0.1) is 108 Å². The highest BCUT2D eigenvalue weighted by Gasteiger charge is 2.45. The number of likely N-dealkylation sites (tertiary alicyclic amines) is 1. The Morgan fingerprint density at radius 2 is 1.35 bits per heavy atom. The topological polar surface area (TPSA) is 204 Å². The summed E-state index contributed by atoms with van der Waals surface area (Å²) in [6, 6.07) is 5.82. The van der Waals surface area contributed by atoms with Gasteiger partial charge in [0, 0.05) is 19.5 Å². The van der Waals surface area contributed by atoms with Crippen LogP contribution < -0.4 is 10.6 Å². The molecule has 4 N–H and O–H groups in total. The van der Waals surface area contributed by atoms with Crippen molar-refractivity contribution < 1.29 is 57.8 Å². The van der Waals surface area contributed by atoms with Crippen LogP contribution in [0.3, 0.4) is 0 Å². The lowest BCUT2D eigenvalue weighted by Gasteiger charge is -2.35. The van der Waals surface area contributed by atoms with E-state index in [0.717, 1.165) is 21.7 Å². The van der Waals surface area contributed by atoms with Gasteiger partial charge in [-0.1, -0.05) is 45.0 Å². The molecule has 0 bridgehead atoms. The summed E-state index contributed by atoms with van der Waals surface area (Å²) in [6.45, 7) is 11.9. The molecule has 3 atom stereocenters. The van der Waals surface area contributed by atoms with Gasteiger partial charge in [0.15, 0.2) is 0 Å². The first-order valence-electron chi connectivity index (χ1n) is 18.6. The fourth-order valence-electron chi connectivity index (χ4n) is 5.56. The number of aryl methyl sites for hydroxylation is 1. The van der Waals surface area contributed by atoms with Crippen LogP contribution in [-0.2, 0) is 54.1 Å². The highest BCUT2D eigenvalue weighted by molar-refractivity contribution is 7.13. The van der Waals surface area contributed by atoms with Gasteiger partial charge in [-0.3, -0.25) is 19.2 Å². The van der Waals surface area contributed by atoms with E-state index in [1.807, 2.05) is 52.0 Å². The van der Waals surface area contributed by atoms with Crippen LogP contribution in [-0.4, -0.2) is 148 Å². The number of carbonyl (C=O) groups excluding carboxylic acids is 3. The van der Waals surface area contributed by atoms with Crippen LogP contribution in [0.2, 0.25) is 0 Å². The van der Waals surface area contributed by atoms with Crippen molar-refractivity contribution in [1.29, 1.82) is 0 Å². The van der Waals surface area contributed by atoms with Gasteiger partial charge in [-0.25, -0.2) is 4.98 Å². The fourth-order valence-corrected chi connectivity index (χ4v) is 6.37. The Morgan fingerprint density at radius 3 is 1.82 bits per heavy atom. The van der Waals surface area contributed by atoms with E-state index >= 15 is 0 Å². The van der Waals surface area contributed by atoms with Crippen molar-refractivity contribution >= 4 is 35.0 Å². The smallest absolute Gasteiger partial charge is 0.305 e. The lowest BCUT2D eigenvalue weighted by atomic mass is 9.85. The second-order valence-corrected chi connectivity index (χ2v) is 14.8. The third kappa shape index (κ3) is 17.0. The van der Waals surface area contributed by atoms with Crippen molar-refractivity contribution in [3.05, 3.63) is 41.0 Å². The minimum Gasteiger partial charge on any atom is -0.481 e. The Morgan fingerprint density at radius 1 is 0.836 bits per heavy atom. The van der Waals surface area contributed by atoms with E-state index in [9.17, 15) is 24.3 Å². The quantitative estimate of drug-likeness (QED) is 0.0960. The molecule has 55 heavy (non-hydrogen) atoms. The third-order valence-electron chi connectivity index (χ3n) is 8.56. The normalized spacial score (nSPS) is 16.3. The maximum Gasteiger partial charge on any atom is 0.305 e. The fraction of sp³-hybridized carbons (Fsp3) is 0.658. The zero-order chi connectivity index (χ0) is 40.1. The Balaban J connectivity index is 1.27. The number of carboxylic acids is 1. The second-order valence-electron chi connectivity index (χ2n) is 13.9. The van der Waals surface area contributed by atoms with Crippen LogP contribution in [0.5, 0.6) is 0 Å². The first-order valence-corrected chi connectivity index (χ1v) is 19.5. The average Bonchev–Trinajstić information content (AvgIpc) is 3.76. The number of aliphatic hydroxyl groups is 1. The van der Waals surface area contributed by atoms with Gasteiger partial charge in [-0.05, 0) is 29.9 Å². The first kappa shape index (κ1) is 45.8. The lowest BCUT2D eigenvalue weighted by molar-refractivity contribution is -0.145. The molecule has 2 heterocycles. The highest BCUT2D eigenvalue weighted by Crippen LogP contribution is 2.28. The van der Waals surface area contributed by atoms with Gasteiger partial charge in [-0.15, -0.1) is 11.3 Å². The number of nitrogens with one attached hydrogen (secondary N) is 2. The van der Waals surface area contributed by atoms with Crippen LogP contribution in [0.15, 0.2) is 29.8 Å². The van der Waals surface area contributed by atoms with Gasteiger partial charge in [0.25, 0.3) is 0 Å². The zero-order valence-electron chi connectivity index (χ0n) is 32.4. The number of carboxylic acid groups (broad SMARTS) is 1. The molecule has 0 spiro atoms. The molecule has 1 aliphatic heterocycles. The number of amides is 3. The van der Waals surface area contributed by atoms with Crippen LogP contribution >= 0.6 is 11.3 Å². The monoisotopic (exact) mass is 794 g/mol. The molecule has 3 rings (SSSR count). The Labute approximate surface area is 327 Å². The van der Waals surface area contributed by atoms with Crippen LogP contribution in [0, 0.1) is 12.3 Å². The predicted octanol–water partition coefficient (Wildman–Crippen LogP) is 2.19. The maximum atomic E-state index is 13.8. The van der Waals surface area contributed by atoms with E-state index in [2.05, 4.69) is 15.6 Å². The number of hydrogen-bond acceptors (Lipinski definition) is 13. The molecule has 308 valence electrons. The van der Waals surface area contributed by atoms with E-state index in [-0.39, 0.29) is 58.1 Å². The van der Waals surface area contributed by atoms with Gasteiger partial charge >= 0.3 is 5.97 Å². The highest BCUT2D eigenvalue weighted by atomic mass is 32.1. The molecule has 1 saturated heterocycles. The number of aliphatic hydroxyl groups excluding tert-OH is 1. The van der Waals surface area contributed by atoms with E-state index in [4.69, 9.17) is 33.5 Å². The predicted molar refractivity (Wildman–Crippen MR) is 203 cm³/mol. The summed E-state index contributed by atoms with van der Waals surface area (Å²) < 4.78 is 32.4. The van der Waals surface area contributed by atoms with Crippen molar-refractivity contribution in [2.45, 2.75) is 71.7 Å². The summed E-state index contributed by atoms with van der Waals surface area (Å²) in [6.07, 6.45) is -0.772. The Hall–Kier alpha value is -3.55. The number of benzene rings is 1. The van der Waals surface area contributed by atoms with E-state index in [1.165, 1.54) is 4.90 Å². The summed E-state index contributed by atoms with van der Waals surface area (Å²) in [4.78, 5) is 57.2. The molecule has 0 saturated carbocycles. The molecule has 3 amide bonds. The number of thiazole rings is 1. The average molecular weight is 795 g/mol. The number of aliphatic carboxylic acids is 1. The molecule has 0 radical (unpaired) electrons. The molecule has 1 aromatic carbocycles. The molecular weight excluding hydrogens is 737 g/mol. The number of ether oxygens (including phenoxy) is 6. The van der Waals surface area contributed by atoms with Crippen molar-refractivity contribution in [2.24, 2.45) is 5.41 Å². The SMILES string of the molecule is Cc1ncsc1-c1ccc(CNC(=O)[C@@H]2[C@@H](O)CCN2C(=O)[C@@H](NC(=O)CCOCCOCCOCCOCCOCCOCCC(=O)O)C(C)(C)C)cc1. The van der Waals surface area contributed by atoms with Gasteiger partial charge in [0.2, 0.25) is 17.7 Å². The Kier molecular flexibility index (Phi) is 20.7. The molecule has 1 aromatic heterocycles. The van der Waals surface area contributed by atoms with E-state index in [1.54, 1.807) is 16.8 Å². The number of carbonyl (C=O) groups is 4. The standard InChI is InChI=1S/C38H58N4O12S/c1-27-34(55-26-40-27)29-7-5-28(6-8-29)25-39-36(47)33-30(43)9-12-42(33)37(48)35(38(2,3)4)41-31(44)10-13-49-15-17-51-19-21-53-23-24-54-22-20-52-18-16-50-14-11-32(45)46/h5-8,26,30,33,35,43H,9-25H2,1-4H3,(H,39,47)(H,41,44)(H,45,46)/t30-,33-,35+/m0/s1. The van der Waals surface area contributed by atoms with Crippen molar-refractivity contribution in [2.75, 3.05) is 85.8 Å². The number of rotatable bonds is 27. The largest absolute Gasteiger partial charge is 0.481 e. The molecule has 0 unspecified atom stereocenters. The summed E-state index contributed by atoms with van der Waals surface area (Å²) in [5, 5.41) is 25.0. The zero-order valence-corrected chi connectivity index (χ0v) is 33.2. The van der Waals surface area contributed by atoms with Crippen LogP contribution in [0.1, 0.15) is 51.3 Å². The van der Waals surface area contributed by atoms with Gasteiger partial charge in [-0.2, -0.15) is 0 Å². The van der Waals surface area contributed by atoms with Crippen molar-refractivity contribution in [3.63, 3.8) is 0 Å². The molecule has 0 aliphatic carbocycles. The summed E-state index contributed by atoms with van der Waals surface area (Å²) >= 11 is 1.57. The summed E-state index contributed by atoms with van der Waals surface area (Å²) in [5.41, 5.74) is 4.02. The van der Waals surface area contributed by atoms with Crippen LogP contribution in [0.25, 0.3) is 10.4 Å². The third-order valence-corrected chi connectivity index (χ3v) is 9.54. The second kappa shape index (κ2) is 24.9. The summed E-state index contributed by atoms with van der Waals surface area (Å²) in [7, 11) is 0.